The van der Waals surface area contributed by atoms with E-state index in [-0.39, 0.29) is 17.6 Å². The number of hydrogen-bond acceptors (Lipinski definition) is 8. The molecule has 3 heterocycles. The Hall–Kier alpha value is -4.21. The molecule has 4 aromatic rings. The number of fused-ring (bicyclic) bond motifs is 1. The Balaban J connectivity index is 1.54. The molecular weight excluding hydrogens is 564 g/mol. The van der Waals surface area contributed by atoms with Gasteiger partial charge >= 0.3 is 11.9 Å². The van der Waals surface area contributed by atoms with E-state index in [2.05, 4.69) is 4.99 Å². The summed E-state index contributed by atoms with van der Waals surface area (Å²) in [5, 5.41) is 0.539. The van der Waals surface area contributed by atoms with Crippen molar-refractivity contribution in [3.63, 3.8) is 0 Å². The van der Waals surface area contributed by atoms with Crippen molar-refractivity contribution in [1.29, 1.82) is 0 Å². The number of allylic oxidation sites excluding steroid dienone is 1. The van der Waals surface area contributed by atoms with Crippen molar-refractivity contribution in [3.8, 4) is 11.3 Å². The quantitative estimate of drug-likeness (QED) is 0.272. The molecule has 1 aliphatic heterocycles. The third-order valence-electron chi connectivity index (χ3n) is 6.35. The highest BCUT2D eigenvalue weighted by Crippen LogP contribution is 2.31. The van der Waals surface area contributed by atoms with Crippen LogP contribution >= 0.6 is 22.9 Å². The van der Waals surface area contributed by atoms with Crippen LogP contribution < -0.4 is 14.9 Å². The van der Waals surface area contributed by atoms with Crippen LogP contribution in [-0.4, -0.2) is 29.2 Å². The van der Waals surface area contributed by atoms with E-state index in [9.17, 15) is 14.4 Å². The first kappa shape index (κ1) is 28.3. The maximum absolute atomic E-state index is 13.8. The minimum atomic E-state index is -0.734. The summed E-state index contributed by atoms with van der Waals surface area (Å²) in [6.45, 7) is 7.34. The normalized spacial score (nSPS) is 15.1. The molecule has 10 heteroatoms. The van der Waals surface area contributed by atoms with Crippen LogP contribution in [0.4, 0.5) is 0 Å². The zero-order valence-electron chi connectivity index (χ0n) is 22.8. The maximum Gasteiger partial charge on any atom is 0.338 e. The fraction of sp³-hybridized carbons (Fsp3) is 0.226. The number of thiazole rings is 1. The van der Waals surface area contributed by atoms with E-state index < -0.39 is 12.0 Å². The monoisotopic (exact) mass is 590 g/mol. The molecule has 2 aromatic heterocycles. The summed E-state index contributed by atoms with van der Waals surface area (Å²) >= 11 is 7.34. The summed E-state index contributed by atoms with van der Waals surface area (Å²) in [4.78, 5) is 44.0. The molecule has 8 nitrogen and oxygen atoms in total. The standard InChI is InChI=1S/C31H27ClN2O6S/c1-5-38-29(36)21-8-6-19(7-9-21)24-15-14-23(40-24)16-25-28(35)34-27(20-10-12-22(32)13-11-20)26(30(37)39-17(2)3)18(4)33-31(34)41-25/h6-17,27H,5H2,1-4H3/b25-16-. The van der Waals surface area contributed by atoms with Crippen molar-refractivity contribution in [1.82, 2.24) is 4.57 Å². The van der Waals surface area contributed by atoms with Gasteiger partial charge in [-0.3, -0.25) is 9.36 Å². The number of benzene rings is 2. The van der Waals surface area contributed by atoms with Gasteiger partial charge in [-0.25, -0.2) is 14.6 Å². The lowest BCUT2D eigenvalue weighted by molar-refractivity contribution is -0.143. The Morgan fingerprint density at radius 3 is 2.44 bits per heavy atom. The lowest BCUT2D eigenvalue weighted by Gasteiger charge is -2.25. The average molecular weight is 591 g/mol. The van der Waals surface area contributed by atoms with Crippen LogP contribution in [0.25, 0.3) is 17.4 Å². The molecule has 1 unspecified atom stereocenters. The van der Waals surface area contributed by atoms with Crippen molar-refractivity contribution in [2.45, 2.75) is 39.8 Å². The number of hydrogen-bond donors (Lipinski definition) is 0. The second kappa shape index (κ2) is 11.7. The van der Waals surface area contributed by atoms with Gasteiger partial charge in [0.05, 0.1) is 40.1 Å². The maximum atomic E-state index is 13.8. The zero-order chi connectivity index (χ0) is 29.3. The van der Waals surface area contributed by atoms with Crippen LogP contribution in [0.3, 0.4) is 0 Å². The van der Waals surface area contributed by atoms with Gasteiger partial charge in [0.2, 0.25) is 0 Å². The van der Waals surface area contributed by atoms with E-state index in [1.54, 1.807) is 94.4 Å². The fourth-order valence-corrected chi connectivity index (χ4v) is 5.67. The SMILES string of the molecule is CCOC(=O)c1ccc(-c2ccc(/C=c3\sc4n(c3=O)C(c3ccc(Cl)cc3)C(C(=O)OC(C)C)=C(C)N=4)o2)cc1. The van der Waals surface area contributed by atoms with Gasteiger partial charge in [0, 0.05) is 16.7 Å². The van der Waals surface area contributed by atoms with Crippen LogP contribution in [0, 0.1) is 0 Å². The van der Waals surface area contributed by atoms with Gasteiger partial charge in [0.25, 0.3) is 5.56 Å². The molecule has 2 aromatic carbocycles. The van der Waals surface area contributed by atoms with Gasteiger partial charge in [0.15, 0.2) is 4.80 Å². The molecular formula is C31H27ClN2O6S. The average Bonchev–Trinajstić information content (AvgIpc) is 3.52. The van der Waals surface area contributed by atoms with Crippen LogP contribution in [0.15, 0.2) is 86.1 Å². The van der Waals surface area contributed by atoms with Gasteiger partial charge in [-0.05, 0) is 69.7 Å². The van der Waals surface area contributed by atoms with E-state index in [0.717, 1.165) is 5.56 Å². The highest BCUT2D eigenvalue weighted by atomic mass is 35.5. The number of esters is 2. The number of halogens is 1. The van der Waals surface area contributed by atoms with Crippen LogP contribution in [0.2, 0.25) is 5.02 Å². The minimum Gasteiger partial charge on any atom is -0.462 e. The number of nitrogens with zero attached hydrogens (tertiary/aromatic N) is 2. The summed E-state index contributed by atoms with van der Waals surface area (Å²) in [7, 11) is 0. The number of ether oxygens (including phenoxy) is 2. The molecule has 5 rings (SSSR count). The Bertz CT molecular complexity index is 1830. The molecule has 0 fully saturated rings. The topological polar surface area (TPSA) is 100 Å². The van der Waals surface area contributed by atoms with Crippen molar-refractivity contribution in [2.75, 3.05) is 6.61 Å². The summed E-state index contributed by atoms with van der Waals surface area (Å²) in [6, 6.07) is 16.7. The summed E-state index contributed by atoms with van der Waals surface area (Å²) in [5.41, 5.74) is 2.39. The van der Waals surface area contributed by atoms with Gasteiger partial charge in [-0.15, -0.1) is 0 Å². The first-order valence-corrected chi connectivity index (χ1v) is 14.2. The fourth-order valence-electron chi connectivity index (χ4n) is 4.52. The van der Waals surface area contributed by atoms with Crippen LogP contribution in [0.5, 0.6) is 0 Å². The molecule has 0 bridgehead atoms. The first-order chi connectivity index (χ1) is 19.7. The van der Waals surface area contributed by atoms with E-state index in [1.807, 2.05) is 0 Å². The van der Waals surface area contributed by atoms with Gasteiger partial charge in [-0.2, -0.15) is 0 Å². The van der Waals surface area contributed by atoms with Gasteiger partial charge < -0.3 is 13.9 Å². The molecule has 0 saturated heterocycles. The lowest BCUT2D eigenvalue weighted by Crippen LogP contribution is -2.40. The Morgan fingerprint density at radius 1 is 1.07 bits per heavy atom. The van der Waals surface area contributed by atoms with E-state index in [1.165, 1.54) is 15.9 Å². The van der Waals surface area contributed by atoms with Gasteiger partial charge in [-0.1, -0.05) is 47.2 Å². The van der Waals surface area contributed by atoms with Crippen molar-refractivity contribution >= 4 is 41.0 Å². The first-order valence-electron chi connectivity index (χ1n) is 13.0. The molecule has 0 spiro atoms. The number of aromatic nitrogens is 1. The minimum absolute atomic E-state index is 0.298. The molecule has 0 saturated carbocycles. The lowest BCUT2D eigenvalue weighted by atomic mass is 9.96. The van der Waals surface area contributed by atoms with E-state index in [0.29, 0.717) is 54.9 Å². The molecule has 1 aliphatic rings. The zero-order valence-corrected chi connectivity index (χ0v) is 24.4. The number of carbonyl (C=O) groups is 2. The van der Waals surface area contributed by atoms with Crippen molar-refractivity contribution < 1.29 is 23.5 Å². The summed E-state index contributed by atoms with van der Waals surface area (Å²) in [6.07, 6.45) is 1.32. The van der Waals surface area contributed by atoms with E-state index in [4.69, 9.17) is 25.5 Å². The molecule has 210 valence electrons. The summed E-state index contributed by atoms with van der Waals surface area (Å²) < 4.78 is 18.5. The van der Waals surface area contributed by atoms with Crippen molar-refractivity contribution in [2.24, 2.45) is 4.99 Å². The predicted octanol–water partition coefficient (Wildman–Crippen LogP) is 5.28. The third-order valence-corrected chi connectivity index (χ3v) is 7.59. The number of carbonyl (C=O) groups excluding carboxylic acids is 2. The number of rotatable bonds is 7. The molecule has 1 atom stereocenters. The van der Waals surface area contributed by atoms with Crippen molar-refractivity contribution in [3.05, 3.63) is 114 Å². The second-order valence-electron chi connectivity index (χ2n) is 9.59. The summed E-state index contributed by atoms with van der Waals surface area (Å²) in [5.74, 6) is 0.133. The largest absolute Gasteiger partial charge is 0.462 e. The molecule has 0 N–H and O–H groups in total. The Morgan fingerprint density at radius 2 is 1.78 bits per heavy atom. The Kier molecular flexibility index (Phi) is 8.10. The molecule has 0 amide bonds. The molecule has 0 radical (unpaired) electrons. The second-order valence-corrected chi connectivity index (χ2v) is 11.0. The highest BCUT2D eigenvalue weighted by molar-refractivity contribution is 7.07. The highest BCUT2D eigenvalue weighted by Gasteiger charge is 2.33. The smallest absolute Gasteiger partial charge is 0.338 e. The molecule has 41 heavy (non-hydrogen) atoms. The number of furan rings is 1. The third kappa shape index (κ3) is 5.82. The van der Waals surface area contributed by atoms with Gasteiger partial charge in [0.1, 0.15) is 11.5 Å². The molecule has 0 aliphatic carbocycles. The predicted molar refractivity (Wildman–Crippen MR) is 157 cm³/mol. The van der Waals surface area contributed by atoms with E-state index >= 15 is 0 Å². The van der Waals surface area contributed by atoms with Crippen LogP contribution in [-0.2, 0) is 14.3 Å². The van der Waals surface area contributed by atoms with Crippen LogP contribution in [0.1, 0.15) is 55.4 Å². The Labute approximate surface area is 244 Å².